The Balaban J connectivity index is 1.92. The third kappa shape index (κ3) is 1.90. The summed E-state index contributed by atoms with van der Waals surface area (Å²) in [5.41, 5.74) is 2.71. The molecule has 3 rings (SSSR count). The van der Waals surface area contributed by atoms with E-state index in [0.29, 0.717) is 0 Å². The number of nitrogens with zero attached hydrogens (tertiary/aromatic N) is 3. The first-order chi connectivity index (χ1) is 8.74. The minimum Gasteiger partial charge on any atom is -0.352 e. The fourth-order valence-corrected chi connectivity index (χ4v) is 2.32. The minimum atomic E-state index is -0.0149. The van der Waals surface area contributed by atoms with Crippen molar-refractivity contribution in [1.82, 2.24) is 9.55 Å². The Labute approximate surface area is 106 Å². The van der Waals surface area contributed by atoms with Crippen LogP contribution in [0, 0.1) is 0 Å². The number of fused-ring (bicyclic) bond motifs is 1. The van der Waals surface area contributed by atoms with Crippen molar-refractivity contribution in [2.24, 2.45) is 7.05 Å². The van der Waals surface area contributed by atoms with E-state index in [1.54, 1.807) is 19.4 Å². The molecule has 0 aliphatic carbocycles. The first kappa shape index (κ1) is 11.0. The summed E-state index contributed by atoms with van der Waals surface area (Å²) in [5.74, 6) is 0.771. The predicted molar refractivity (Wildman–Crippen MR) is 70.7 cm³/mol. The van der Waals surface area contributed by atoms with Crippen LogP contribution in [0.2, 0.25) is 0 Å². The minimum absolute atomic E-state index is 0.0149. The fourth-order valence-electron chi connectivity index (χ4n) is 2.32. The number of anilines is 1. The number of hydrogen-bond acceptors (Lipinski definition) is 3. The second-order valence-electron chi connectivity index (χ2n) is 4.64. The van der Waals surface area contributed by atoms with Gasteiger partial charge in [-0.05, 0) is 17.5 Å². The molecule has 0 spiro atoms. The van der Waals surface area contributed by atoms with E-state index in [4.69, 9.17) is 0 Å². The average molecular weight is 241 g/mol. The van der Waals surface area contributed by atoms with Crippen molar-refractivity contribution in [1.29, 1.82) is 0 Å². The highest BCUT2D eigenvalue weighted by molar-refractivity contribution is 5.43. The van der Waals surface area contributed by atoms with E-state index < -0.39 is 0 Å². The summed E-state index contributed by atoms with van der Waals surface area (Å²) in [4.78, 5) is 18.1. The highest BCUT2D eigenvalue weighted by Crippen LogP contribution is 2.21. The average Bonchev–Trinajstić information content (AvgIpc) is 2.41. The van der Waals surface area contributed by atoms with E-state index >= 15 is 0 Å². The molecule has 0 N–H and O–H groups in total. The molecule has 1 aromatic carbocycles. The largest absolute Gasteiger partial charge is 0.352 e. The molecule has 0 atom stereocenters. The summed E-state index contributed by atoms with van der Waals surface area (Å²) in [5, 5.41) is 0. The summed E-state index contributed by atoms with van der Waals surface area (Å²) < 4.78 is 1.49. The van der Waals surface area contributed by atoms with Crippen LogP contribution >= 0.6 is 0 Å². The predicted octanol–water partition coefficient (Wildman–Crippen LogP) is 1.34. The van der Waals surface area contributed by atoms with Crippen LogP contribution in [0.1, 0.15) is 11.1 Å². The second-order valence-corrected chi connectivity index (χ2v) is 4.64. The van der Waals surface area contributed by atoms with Gasteiger partial charge in [-0.25, -0.2) is 4.98 Å². The van der Waals surface area contributed by atoms with Crippen LogP contribution in [0.4, 0.5) is 5.82 Å². The normalized spacial score (nSPS) is 14.4. The zero-order valence-corrected chi connectivity index (χ0v) is 10.3. The van der Waals surface area contributed by atoms with Crippen LogP contribution < -0.4 is 10.5 Å². The van der Waals surface area contributed by atoms with Gasteiger partial charge in [-0.1, -0.05) is 24.3 Å². The standard InChI is InChI=1S/C14H15N3O/c1-16-10-15-13(8-14(16)18)17-7-6-11-4-2-3-5-12(11)9-17/h2-5,8,10H,6-7,9H2,1H3. The van der Waals surface area contributed by atoms with Gasteiger partial charge in [0.15, 0.2) is 0 Å². The van der Waals surface area contributed by atoms with Gasteiger partial charge < -0.3 is 9.47 Å². The van der Waals surface area contributed by atoms with Gasteiger partial charge in [-0.2, -0.15) is 0 Å². The Morgan fingerprint density at radius 3 is 2.78 bits per heavy atom. The zero-order valence-electron chi connectivity index (χ0n) is 10.3. The van der Waals surface area contributed by atoms with Crippen molar-refractivity contribution in [3.8, 4) is 0 Å². The van der Waals surface area contributed by atoms with Crippen LogP contribution in [-0.2, 0) is 20.0 Å². The number of aryl methyl sites for hydroxylation is 1. The lowest BCUT2D eigenvalue weighted by molar-refractivity contribution is 0.709. The summed E-state index contributed by atoms with van der Waals surface area (Å²) in [7, 11) is 1.71. The van der Waals surface area contributed by atoms with E-state index in [1.807, 2.05) is 0 Å². The summed E-state index contributed by atoms with van der Waals surface area (Å²) in [6.45, 7) is 1.74. The third-order valence-corrected chi connectivity index (χ3v) is 3.42. The molecule has 1 aromatic heterocycles. The van der Waals surface area contributed by atoms with Gasteiger partial charge >= 0.3 is 0 Å². The van der Waals surface area contributed by atoms with Crippen molar-refractivity contribution in [2.75, 3.05) is 11.4 Å². The van der Waals surface area contributed by atoms with Crippen molar-refractivity contribution in [3.63, 3.8) is 0 Å². The molecule has 0 radical (unpaired) electrons. The smallest absolute Gasteiger partial charge is 0.255 e. The summed E-state index contributed by atoms with van der Waals surface area (Å²) >= 11 is 0. The molecule has 2 heterocycles. The third-order valence-electron chi connectivity index (χ3n) is 3.42. The molecule has 4 heteroatoms. The Hall–Kier alpha value is -2.10. The van der Waals surface area contributed by atoms with Crippen LogP contribution in [-0.4, -0.2) is 16.1 Å². The van der Waals surface area contributed by atoms with Gasteiger partial charge in [-0.3, -0.25) is 4.79 Å². The first-order valence-electron chi connectivity index (χ1n) is 6.08. The summed E-state index contributed by atoms with van der Waals surface area (Å²) in [6, 6.07) is 10.0. The molecule has 0 amide bonds. The summed E-state index contributed by atoms with van der Waals surface area (Å²) in [6.07, 6.45) is 2.59. The van der Waals surface area contributed by atoms with E-state index in [1.165, 1.54) is 15.7 Å². The Kier molecular flexibility index (Phi) is 2.63. The number of hydrogen-bond donors (Lipinski definition) is 0. The molecule has 0 unspecified atom stereocenters. The molecule has 1 aliphatic heterocycles. The second kappa shape index (κ2) is 4.29. The van der Waals surface area contributed by atoms with Crippen LogP contribution in [0.3, 0.4) is 0 Å². The highest BCUT2D eigenvalue weighted by Gasteiger charge is 2.17. The van der Waals surface area contributed by atoms with Crippen LogP contribution in [0.25, 0.3) is 0 Å². The van der Waals surface area contributed by atoms with Gasteiger partial charge in [-0.15, -0.1) is 0 Å². The quantitative estimate of drug-likeness (QED) is 0.756. The van der Waals surface area contributed by atoms with Crippen molar-refractivity contribution in [2.45, 2.75) is 13.0 Å². The van der Waals surface area contributed by atoms with Crippen LogP contribution in [0.5, 0.6) is 0 Å². The molecular formula is C14H15N3O. The van der Waals surface area contributed by atoms with E-state index in [-0.39, 0.29) is 5.56 Å². The van der Waals surface area contributed by atoms with Crippen molar-refractivity contribution >= 4 is 5.82 Å². The molecular weight excluding hydrogens is 226 g/mol. The Morgan fingerprint density at radius 2 is 2.00 bits per heavy atom. The highest BCUT2D eigenvalue weighted by atomic mass is 16.1. The molecule has 4 nitrogen and oxygen atoms in total. The van der Waals surface area contributed by atoms with Crippen molar-refractivity contribution in [3.05, 3.63) is 58.1 Å². The maximum Gasteiger partial charge on any atom is 0.255 e. The first-order valence-corrected chi connectivity index (χ1v) is 6.08. The monoisotopic (exact) mass is 241 g/mol. The molecule has 1 aliphatic rings. The molecule has 0 saturated heterocycles. The molecule has 18 heavy (non-hydrogen) atoms. The molecule has 2 aromatic rings. The lowest BCUT2D eigenvalue weighted by Crippen LogP contribution is -2.32. The van der Waals surface area contributed by atoms with Gasteiger partial charge in [0.25, 0.3) is 5.56 Å². The van der Waals surface area contributed by atoms with E-state index in [9.17, 15) is 4.79 Å². The van der Waals surface area contributed by atoms with Crippen molar-refractivity contribution < 1.29 is 0 Å². The lowest BCUT2D eigenvalue weighted by atomic mass is 10.00. The molecule has 0 fully saturated rings. The topological polar surface area (TPSA) is 38.1 Å². The van der Waals surface area contributed by atoms with Crippen LogP contribution in [0.15, 0.2) is 41.5 Å². The number of rotatable bonds is 1. The van der Waals surface area contributed by atoms with Gasteiger partial charge in [0.05, 0.1) is 6.33 Å². The number of benzene rings is 1. The maximum atomic E-state index is 11.6. The maximum absolute atomic E-state index is 11.6. The van der Waals surface area contributed by atoms with Gasteiger partial charge in [0, 0.05) is 26.2 Å². The Morgan fingerprint density at radius 1 is 1.22 bits per heavy atom. The molecule has 92 valence electrons. The zero-order chi connectivity index (χ0) is 12.5. The SMILES string of the molecule is Cn1cnc(N2CCc3ccccc3C2)cc1=O. The van der Waals surface area contributed by atoms with E-state index in [2.05, 4.69) is 34.1 Å². The molecule has 0 saturated carbocycles. The number of aromatic nitrogens is 2. The fraction of sp³-hybridized carbons (Fsp3) is 0.286. The lowest BCUT2D eigenvalue weighted by Gasteiger charge is -2.29. The van der Waals surface area contributed by atoms with E-state index in [0.717, 1.165) is 25.3 Å². The Bertz CT molecular complexity index is 633. The van der Waals surface area contributed by atoms with Gasteiger partial charge in [0.1, 0.15) is 5.82 Å². The molecule has 0 bridgehead atoms. The van der Waals surface area contributed by atoms with Gasteiger partial charge in [0.2, 0.25) is 0 Å².